The largest absolute Gasteiger partial charge is 0.464 e. The molecule has 0 radical (unpaired) electrons. The van der Waals surface area contributed by atoms with Crippen LogP contribution >= 0.6 is 0 Å². The minimum atomic E-state index is -0.504. The first-order chi connectivity index (χ1) is 11.5. The molecule has 0 fully saturated rings. The summed E-state index contributed by atoms with van der Waals surface area (Å²) in [5.74, 6) is -0.990. The molecule has 1 aromatic carbocycles. The number of benzene rings is 1. The van der Waals surface area contributed by atoms with Crippen molar-refractivity contribution in [1.29, 1.82) is 5.26 Å². The number of ether oxygens (including phenoxy) is 1. The number of hydrogen-bond acceptors (Lipinski definition) is 4. The summed E-state index contributed by atoms with van der Waals surface area (Å²) in [5.41, 5.74) is 2.39. The predicted octanol–water partition coefficient (Wildman–Crippen LogP) is 2.67. The number of methoxy groups -OCH3 is 1. The Morgan fingerprint density at radius 3 is 2.67 bits per heavy atom. The number of hydrogen-bond donors (Lipinski definition) is 1. The SMILES string of the molecule is COC(=O)c1cc(C=C(C#N)C(=O)Nc2ccccc2C)cn1C. The monoisotopic (exact) mass is 323 g/mol. The Bertz CT molecular complexity index is 857. The molecule has 1 amide bonds. The number of nitrogens with zero attached hydrogens (tertiary/aromatic N) is 2. The lowest BCUT2D eigenvalue weighted by Gasteiger charge is -2.06. The van der Waals surface area contributed by atoms with Crippen molar-refractivity contribution in [3.63, 3.8) is 0 Å². The van der Waals surface area contributed by atoms with Gasteiger partial charge in [-0.25, -0.2) is 4.79 Å². The van der Waals surface area contributed by atoms with Crippen molar-refractivity contribution in [2.24, 2.45) is 7.05 Å². The zero-order chi connectivity index (χ0) is 17.7. The van der Waals surface area contributed by atoms with Gasteiger partial charge in [0.1, 0.15) is 17.3 Å². The minimum absolute atomic E-state index is 0.0553. The van der Waals surface area contributed by atoms with E-state index in [9.17, 15) is 14.9 Å². The van der Waals surface area contributed by atoms with Gasteiger partial charge in [0.25, 0.3) is 5.91 Å². The molecule has 0 saturated carbocycles. The fraction of sp³-hybridized carbons (Fsp3) is 0.167. The van der Waals surface area contributed by atoms with E-state index in [-0.39, 0.29) is 5.57 Å². The maximum Gasteiger partial charge on any atom is 0.354 e. The Kier molecular flexibility index (Phi) is 5.17. The van der Waals surface area contributed by atoms with E-state index < -0.39 is 11.9 Å². The molecule has 122 valence electrons. The molecule has 0 aliphatic carbocycles. The maximum atomic E-state index is 12.3. The maximum absolute atomic E-state index is 12.3. The molecule has 0 saturated heterocycles. The van der Waals surface area contributed by atoms with Crippen LogP contribution in [0.4, 0.5) is 5.69 Å². The normalized spacial score (nSPS) is 10.8. The summed E-state index contributed by atoms with van der Waals surface area (Å²) < 4.78 is 6.25. The van der Waals surface area contributed by atoms with E-state index in [4.69, 9.17) is 0 Å². The third-order valence-electron chi connectivity index (χ3n) is 3.49. The number of amides is 1. The number of carbonyl (C=O) groups is 2. The molecule has 0 bridgehead atoms. The average molecular weight is 323 g/mol. The van der Waals surface area contributed by atoms with E-state index in [0.29, 0.717) is 16.9 Å². The molecular weight excluding hydrogens is 306 g/mol. The van der Waals surface area contributed by atoms with Gasteiger partial charge in [-0.2, -0.15) is 5.26 Å². The van der Waals surface area contributed by atoms with Gasteiger partial charge in [-0.1, -0.05) is 18.2 Å². The van der Waals surface area contributed by atoms with Crippen molar-refractivity contribution in [2.75, 3.05) is 12.4 Å². The van der Waals surface area contributed by atoms with Crippen molar-refractivity contribution >= 4 is 23.6 Å². The molecule has 0 atom stereocenters. The third kappa shape index (κ3) is 3.70. The lowest BCUT2D eigenvalue weighted by Crippen LogP contribution is -2.14. The molecule has 6 heteroatoms. The zero-order valence-electron chi connectivity index (χ0n) is 13.7. The summed E-state index contributed by atoms with van der Waals surface area (Å²) in [4.78, 5) is 23.9. The third-order valence-corrected chi connectivity index (χ3v) is 3.49. The number of para-hydroxylation sites is 1. The number of esters is 1. The molecule has 0 unspecified atom stereocenters. The van der Waals surface area contributed by atoms with Crippen LogP contribution in [0.25, 0.3) is 6.08 Å². The molecule has 24 heavy (non-hydrogen) atoms. The second-order valence-electron chi connectivity index (χ2n) is 5.20. The van der Waals surface area contributed by atoms with Gasteiger partial charge < -0.3 is 14.6 Å². The van der Waals surface area contributed by atoms with Gasteiger partial charge in [0.2, 0.25) is 0 Å². The smallest absolute Gasteiger partial charge is 0.354 e. The number of carbonyl (C=O) groups excluding carboxylic acids is 2. The predicted molar refractivity (Wildman–Crippen MR) is 90.2 cm³/mol. The quantitative estimate of drug-likeness (QED) is 0.532. The highest BCUT2D eigenvalue weighted by molar-refractivity contribution is 6.10. The van der Waals surface area contributed by atoms with E-state index in [1.165, 1.54) is 13.2 Å². The number of nitriles is 1. The van der Waals surface area contributed by atoms with Crippen LogP contribution in [0.5, 0.6) is 0 Å². The van der Waals surface area contributed by atoms with E-state index in [0.717, 1.165) is 5.56 Å². The van der Waals surface area contributed by atoms with Crippen LogP contribution in [0.15, 0.2) is 42.1 Å². The molecule has 1 N–H and O–H groups in total. The molecular formula is C18H17N3O3. The topological polar surface area (TPSA) is 84.1 Å². The lowest BCUT2D eigenvalue weighted by atomic mass is 10.1. The van der Waals surface area contributed by atoms with Crippen LogP contribution in [0.3, 0.4) is 0 Å². The summed E-state index contributed by atoms with van der Waals surface area (Å²) in [6.45, 7) is 1.87. The molecule has 1 heterocycles. The molecule has 2 aromatic rings. The Morgan fingerprint density at radius 2 is 2.04 bits per heavy atom. The lowest BCUT2D eigenvalue weighted by molar-refractivity contribution is -0.112. The molecule has 6 nitrogen and oxygen atoms in total. The first-order valence-electron chi connectivity index (χ1n) is 7.19. The van der Waals surface area contributed by atoms with Gasteiger partial charge in [-0.3, -0.25) is 4.79 Å². The highest BCUT2D eigenvalue weighted by Gasteiger charge is 2.14. The van der Waals surface area contributed by atoms with Gasteiger partial charge in [0.15, 0.2) is 0 Å². The number of nitrogens with one attached hydrogen (secondary N) is 1. The van der Waals surface area contributed by atoms with E-state index in [1.54, 1.807) is 36.0 Å². The Labute approximate surface area is 140 Å². The number of rotatable bonds is 4. The van der Waals surface area contributed by atoms with Crippen molar-refractivity contribution in [3.05, 3.63) is 58.9 Å². The Balaban J connectivity index is 2.26. The fourth-order valence-corrected chi connectivity index (χ4v) is 2.19. The van der Waals surface area contributed by atoms with Crippen LogP contribution in [-0.2, 0) is 16.6 Å². The van der Waals surface area contributed by atoms with E-state index >= 15 is 0 Å². The first-order valence-corrected chi connectivity index (χ1v) is 7.19. The minimum Gasteiger partial charge on any atom is -0.464 e. The Hall–Kier alpha value is -3.33. The van der Waals surface area contributed by atoms with Crippen LogP contribution in [0.2, 0.25) is 0 Å². The van der Waals surface area contributed by atoms with Gasteiger partial charge in [0.05, 0.1) is 7.11 Å². The molecule has 0 aliphatic heterocycles. The van der Waals surface area contributed by atoms with Gasteiger partial charge >= 0.3 is 5.97 Å². The summed E-state index contributed by atoms with van der Waals surface area (Å²) in [5, 5.41) is 12.0. The second-order valence-corrected chi connectivity index (χ2v) is 5.20. The van der Waals surface area contributed by atoms with Crippen LogP contribution in [0, 0.1) is 18.3 Å². The average Bonchev–Trinajstić information content (AvgIpc) is 2.94. The first kappa shape index (κ1) is 17.0. The summed E-state index contributed by atoms with van der Waals surface area (Å²) in [7, 11) is 2.98. The van der Waals surface area contributed by atoms with Crippen molar-refractivity contribution in [2.45, 2.75) is 6.92 Å². The van der Waals surface area contributed by atoms with Crippen LogP contribution < -0.4 is 5.32 Å². The molecule has 0 aliphatic rings. The Morgan fingerprint density at radius 1 is 1.33 bits per heavy atom. The standard InChI is InChI=1S/C18H17N3O3/c1-12-6-4-5-7-15(12)20-17(22)14(10-19)8-13-9-16(18(23)24-3)21(2)11-13/h4-9,11H,1-3H3,(H,20,22). The summed E-state index contributed by atoms with van der Waals surface area (Å²) in [6, 6.07) is 10.7. The molecule has 0 spiro atoms. The summed E-state index contributed by atoms with van der Waals surface area (Å²) in [6.07, 6.45) is 3.07. The summed E-state index contributed by atoms with van der Waals surface area (Å²) >= 11 is 0. The zero-order valence-corrected chi connectivity index (χ0v) is 13.7. The number of anilines is 1. The van der Waals surface area contributed by atoms with Gasteiger partial charge in [-0.05, 0) is 36.3 Å². The fourth-order valence-electron chi connectivity index (χ4n) is 2.19. The van der Waals surface area contributed by atoms with Gasteiger partial charge in [0, 0.05) is 18.9 Å². The molecule has 2 rings (SSSR count). The second kappa shape index (κ2) is 7.29. The molecule has 1 aromatic heterocycles. The van der Waals surface area contributed by atoms with Crippen molar-refractivity contribution in [1.82, 2.24) is 4.57 Å². The number of aromatic nitrogens is 1. The van der Waals surface area contributed by atoms with Crippen LogP contribution in [-0.4, -0.2) is 23.6 Å². The van der Waals surface area contributed by atoms with E-state index in [1.807, 2.05) is 25.1 Å². The van der Waals surface area contributed by atoms with Gasteiger partial charge in [-0.15, -0.1) is 0 Å². The van der Waals surface area contributed by atoms with E-state index in [2.05, 4.69) is 10.1 Å². The van der Waals surface area contributed by atoms with Crippen molar-refractivity contribution in [3.8, 4) is 6.07 Å². The highest BCUT2D eigenvalue weighted by Crippen LogP contribution is 2.16. The van der Waals surface area contributed by atoms with Crippen LogP contribution in [0.1, 0.15) is 21.6 Å². The van der Waals surface area contributed by atoms with Crippen molar-refractivity contribution < 1.29 is 14.3 Å². The number of aryl methyl sites for hydroxylation is 2. The highest BCUT2D eigenvalue weighted by atomic mass is 16.5.